The fourth-order valence-electron chi connectivity index (χ4n) is 1.78. The van der Waals surface area contributed by atoms with Gasteiger partial charge in [-0.3, -0.25) is 0 Å². The van der Waals surface area contributed by atoms with Crippen LogP contribution in [0.5, 0.6) is 0 Å². The minimum atomic E-state index is -0.233. The number of oxime groups is 1. The molecule has 5 nitrogen and oxygen atoms in total. The van der Waals surface area contributed by atoms with Crippen LogP contribution in [0, 0.1) is 12.3 Å². The molecule has 19 heavy (non-hydrogen) atoms. The van der Waals surface area contributed by atoms with Gasteiger partial charge in [-0.1, -0.05) is 25.4 Å². The molecule has 1 aromatic heterocycles. The molecule has 0 unspecified atom stereocenters. The van der Waals surface area contributed by atoms with Crippen molar-refractivity contribution in [2.24, 2.45) is 16.3 Å². The molecule has 6 heteroatoms. The summed E-state index contributed by atoms with van der Waals surface area (Å²) in [7, 11) is 0. The van der Waals surface area contributed by atoms with Crippen LogP contribution in [0.1, 0.15) is 43.0 Å². The van der Waals surface area contributed by atoms with E-state index in [1.165, 1.54) is 4.88 Å². The predicted molar refractivity (Wildman–Crippen MR) is 79.6 cm³/mol. The molecule has 0 bridgehead atoms. The quantitative estimate of drug-likeness (QED) is 0.225. The van der Waals surface area contributed by atoms with E-state index in [4.69, 9.17) is 10.9 Å². The van der Waals surface area contributed by atoms with Gasteiger partial charge in [0.2, 0.25) is 0 Å². The Kier molecular flexibility index (Phi) is 6.24. The molecule has 0 aliphatic carbocycles. The normalized spacial score (nSPS) is 12.9. The number of hydrogen-bond acceptors (Lipinski definition) is 5. The molecule has 0 atom stereocenters. The number of aromatic nitrogens is 1. The number of thiazole rings is 1. The summed E-state index contributed by atoms with van der Waals surface area (Å²) in [6, 6.07) is 0. The number of unbranched alkanes of at least 4 members (excludes halogenated alkanes) is 1. The maximum atomic E-state index is 8.69. The summed E-state index contributed by atoms with van der Waals surface area (Å²) in [5.74, 6) is 0.306. The molecule has 0 amide bonds. The highest BCUT2D eigenvalue weighted by atomic mass is 32.1. The van der Waals surface area contributed by atoms with Gasteiger partial charge in [0.15, 0.2) is 0 Å². The Hall–Kier alpha value is -1.14. The first-order chi connectivity index (χ1) is 8.95. The van der Waals surface area contributed by atoms with Gasteiger partial charge in [-0.25, -0.2) is 4.98 Å². The maximum absolute atomic E-state index is 8.69. The number of nitrogens with one attached hydrogen (secondary N) is 1. The first kappa shape index (κ1) is 15.9. The fraction of sp³-hybridized carbons (Fsp3) is 0.692. The van der Waals surface area contributed by atoms with Gasteiger partial charge >= 0.3 is 0 Å². The number of aryl methyl sites for hydroxylation is 1. The van der Waals surface area contributed by atoms with E-state index in [9.17, 15) is 0 Å². The maximum Gasteiger partial charge on any atom is 0.144 e. The molecule has 1 heterocycles. The first-order valence-electron chi connectivity index (χ1n) is 6.56. The molecular weight excluding hydrogens is 260 g/mol. The number of amidine groups is 1. The SMILES string of the molecule is Cc1ncc(CNCCCCC(C)(C)/C(N)=N/O)s1. The second kappa shape index (κ2) is 7.45. The molecule has 1 aromatic rings. The molecule has 0 spiro atoms. The van der Waals surface area contributed by atoms with Crippen LogP contribution in [-0.4, -0.2) is 22.6 Å². The van der Waals surface area contributed by atoms with Gasteiger partial charge in [0.1, 0.15) is 5.84 Å². The van der Waals surface area contributed by atoms with E-state index in [0.29, 0.717) is 5.84 Å². The molecular formula is C13H24N4OS. The topological polar surface area (TPSA) is 83.5 Å². The van der Waals surface area contributed by atoms with Crippen molar-refractivity contribution in [3.63, 3.8) is 0 Å². The molecule has 0 fully saturated rings. The summed E-state index contributed by atoms with van der Waals surface area (Å²) in [6.07, 6.45) is 4.98. The molecule has 4 N–H and O–H groups in total. The zero-order chi connectivity index (χ0) is 14.3. The Labute approximate surface area is 118 Å². The zero-order valence-electron chi connectivity index (χ0n) is 11.9. The van der Waals surface area contributed by atoms with Crippen LogP contribution in [0.15, 0.2) is 11.4 Å². The van der Waals surface area contributed by atoms with E-state index in [2.05, 4.69) is 15.5 Å². The highest BCUT2D eigenvalue weighted by molar-refractivity contribution is 7.11. The number of hydrogen-bond donors (Lipinski definition) is 3. The van der Waals surface area contributed by atoms with Crippen molar-refractivity contribution in [1.82, 2.24) is 10.3 Å². The van der Waals surface area contributed by atoms with Gasteiger partial charge in [0.25, 0.3) is 0 Å². The smallest absolute Gasteiger partial charge is 0.144 e. The largest absolute Gasteiger partial charge is 0.409 e. The van der Waals surface area contributed by atoms with Gasteiger partial charge in [0.05, 0.1) is 5.01 Å². The highest BCUT2D eigenvalue weighted by Gasteiger charge is 2.22. The van der Waals surface area contributed by atoms with E-state index in [1.807, 2.05) is 27.0 Å². The monoisotopic (exact) mass is 284 g/mol. The van der Waals surface area contributed by atoms with Crippen molar-refractivity contribution in [1.29, 1.82) is 0 Å². The number of nitrogens with zero attached hydrogens (tertiary/aromatic N) is 2. The highest BCUT2D eigenvalue weighted by Crippen LogP contribution is 2.23. The second-order valence-electron chi connectivity index (χ2n) is 5.35. The lowest BCUT2D eigenvalue weighted by molar-refractivity contribution is 0.304. The Bertz CT molecular complexity index is 415. The van der Waals surface area contributed by atoms with Crippen LogP contribution in [0.4, 0.5) is 0 Å². The van der Waals surface area contributed by atoms with E-state index in [1.54, 1.807) is 11.3 Å². The molecule has 0 saturated heterocycles. The van der Waals surface area contributed by atoms with Gasteiger partial charge in [-0.15, -0.1) is 11.3 Å². The lowest BCUT2D eigenvalue weighted by Crippen LogP contribution is -2.32. The van der Waals surface area contributed by atoms with E-state index >= 15 is 0 Å². The van der Waals surface area contributed by atoms with Gasteiger partial charge in [-0.2, -0.15) is 0 Å². The average Bonchev–Trinajstić information content (AvgIpc) is 2.78. The summed E-state index contributed by atoms with van der Waals surface area (Å²) in [5.41, 5.74) is 5.42. The third kappa shape index (κ3) is 5.57. The predicted octanol–water partition coefficient (Wildman–Crippen LogP) is 2.48. The lowest BCUT2D eigenvalue weighted by Gasteiger charge is -2.22. The van der Waals surface area contributed by atoms with E-state index < -0.39 is 0 Å². The third-order valence-corrected chi connectivity index (χ3v) is 4.09. The number of nitrogens with two attached hydrogens (primary N) is 1. The third-order valence-electron chi connectivity index (χ3n) is 3.17. The Morgan fingerprint density at radius 2 is 2.26 bits per heavy atom. The second-order valence-corrected chi connectivity index (χ2v) is 6.67. The van der Waals surface area contributed by atoms with Crippen molar-refractivity contribution < 1.29 is 5.21 Å². The minimum Gasteiger partial charge on any atom is -0.409 e. The summed E-state index contributed by atoms with van der Waals surface area (Å²) in [5, 5.41) is 16.3. The minimum absolute atomic E-state index is 0.233. The van der Waals surface area contributed by atoms with Crippen molar-refractivity contribution in [2.75, 3.05) is 6.54 Å². The molecule has 0 aromatic carbocycles. The molecule has 1 rings (SSSR count). The molecule has 0 aliphatic heterocycles. The lowest BCUT2D eigenvalue weighted by atomic mass is 9.86. The standard InChI is InChI=1S/C13H24N4OS/c1-10-16-9-11(19-10)8-15-7-5-4-6-13(2,3)12(14)17-18/h9,15,18H,4-8H2,1-3H3,(H2,14,17). The Morgan fingerprint density at radius 1 is 1.53 bits per heavy atom. The van der Waals surface area contributed by atoms with Gasteiger partial charge in [-0.05, 0) is 26.3 Å². The summed E-state index contributed by atoms with van der Waals surface area (Å²) < 4.78 is 0. The fourth-order valence-corrected chi connectivity index (χ4v) is 2.54. The average molecular weight is 284 g/mol. The Morgan fingerprint density at radius 3 is 2.84 bits per heavy atom. The van der Waals surface area contributed by atoms with E-state index in [0.717, 1.165) is 37.4 Å². The molecule has 0 saturated carbocycles. The Balaban J connectivity index is 2.11. The van der Waals surface area contributed by atoms with Crippen molar-refractivity contribution in [2.45, 2.75) is 46.6 Å². The molecule has 0 aliphatic rings. The zero-order valence-corrected chi connectivity index (χ0v) is 12.8. The molecule has 108 valence electrons. The van der Waals surface area contributed by atoms with Gasteiger partial charge in [0, 0.05) is 23.0 Å². The van der Waals surface area contributed by atoms with Crippen LogP contribution in [-0.2, 0) is 6.54 Å². The van der Waals surface area contributed by atoms with Crippen LogP contribution in [0.3, 0.4) is 0 Å². The summed E-state index contributed by atoms with van der Waals surface area (Å²) in [4.78, 5) is 5.49. The number of rotatable bonds is 8. The van der Waals surface area contributed by atoms with Crippen molar-refractivity contribution in [3.8, 4) is 0 Å². The van der Waals surface area contributed by atoms with E-state index in [-0.39, 0.29) is 5.41 Å². The molecule has 0 radical (unpaired) electrons. The van der Waals surface area contributed by atoms with Gasteiger partial charge < -0.3 is 16.3 Å². The summed E-state index contributed by atoms with van der Waals surface area (Å²) >= 11 is 1.73. The van der Waals surface area contributed by atoms with Crippen LogP contribution in [0.25, 0.3) is 0 Å². The van der Waals surface area contributed by atoms with Crippen molar-refractivity contribution in [3.05, 3.63) is 16.1 Å². The van der Waals surface area contributed by atoms with Crippen LogP contribution in [0.2, 0.25) is 0 Å². The summed E-state index contributed by atoms with van der Waals surface area (Å²) in [6.45, 7) is 7.87. The van der Waals surface area contributed by atoms with Crippen LogP contribution < -0.4 is 11.1 Å². The van der Waals surface area contributed by atoms with Crippen molar-refractivity contribution >= 4 is 17.2 Å². The first-order valence-corrected chi connectivity index (χ1v) is 7.37. The van der Waals surface area contributed by atoms with Crippen LogP contribution >= 0.6 is 11.3 Å².